The van der Waals surface area contributed by atoms with Crippen molar-refractivity contribution in [3.05, 3.63) is 0 Å². The van der Waals surface area contributed by atoms with Crippen LogP contribution in [0.15, 0.2) is 0 Å². The first kappa shape index (κ1) is 18.0. The first-order valence-electron chi connectivity index (χ1n) is 8.00. The van der Waals surface area contributed by atoms with E-state index in [9.17, 15) is 0 Å². The van der Waals surface area contributed by atoms with Crippen molar-refractivity contribution in [2.45, 2.75) is 82.1 Å². The molecule has 0 saturated heterocycles. The Balaban J connectivity index is 5.23. The normalized spacial score (nSPS) is 20.0. The summed E-state index contributed by atoms with van der Waals surface area (Å²) < 4.78 is 0. The molecule has 18 heavy (non-hydrogen) atoms. The van der Waals surface area contributed by atoms with E-state index < -0.39 is 0 Å². The second-order valence-corrected chi connectivity index (χ2v) is 8.07. The second kappa shape index (κ2) is 6.44. The summed E-state index contributed by atoms with van der Waals surface area (Å²) in [4.78, 5) is 0. The van der Waals surface area contributed by atoms with E-state index in [1.807, 2.05) is 0 Å². The van der Waals surface area contributed by atoms with Gasteiger partial charge in [0.25, 0.3) is 0 Å². The van der Waals surface area contributed by atoms with E-state index in [-0.39, 0.29) is 0 Å². The van der Waals surface area contributed by atoms with Gasteiger partial charge in [-0.1, -0.05) is 75.7 Å². The third-order valence-corrected chi connectivity index (χ3v) is 6.18. The molecule has 0 spiro atoms. The zero-order chi connectivity index (χ0) is 14.7. The molecule has 110 valence electrons. The SMILES string of the molecule is CCC(C)(C)C(C)(C(C)C)C(C)C(C)CC(C)C. The largest absolute Gasteiger partial charge is 0.0649 e. The molecule has 0 bridgehead atoms. The standard InChI is InChI=1S/C18H38/c1-11-17(8,9)18(10,14(4)5)16(7)15(6)12-13(2)3/h13-16H,11-12H2,1-10H3. The summed E-state index contributed by atoms with van der Waals surface area (Å²) in [6.45, 7) is 24.3. The van der Waals surface area contributed by atoms with Gasteiger partial charge in [-0.15, -0.1) is 0 Å². The lowest BCUT2D eigenvalue weighted by molar-refractivity contribution is -0.0458. The second-order valence-electron chi connectivity index (χ2n) is 8.07. The molecule has 0 aromatic rings. The Morgan fingerprint density at radius 2 is 1.28 bits per heavy atom. The maximum Gasteiger partial charge on any atom is -0.0223 e. The summed E-state index contributed by atoms with van der Waals surface area (Å²) in [6, 6.07) is 0. The molecule has 0 rings (SSSR count). The van der Waals surface area contributed by atoms with Crippen LogP contribution in [-0.2, 0) is 0 Å². The smallest absolute Gasteiger partial charge is 0.0223 e. The molecule has 0 saturated carbocycles. The third kappa shape index (κ3) is 3.52. The summed E-state index contributed by atoms with van der Waals surface area (Å²) in [5.41, 5.74) is 0.821. The van der Waals surface area contributed by atoms with Gasteiger partial charge in [-0.25, -0.2) is 0 Å². The molecule has 3 atom stereocenters. The van der Waals surface area contributed by atoms with Crippen LogP contribution >= 0.6 is 0 Å². The maximum atomic E-state index is 2.53. The fraction of sp³-hybridized carbons (Fsp3) is 1.00. The molecule has 0 aromatic heterocycles. The van der Waals surface area contributed by atoms with Gasteiger partial charge in [-0.2, -0.15) is 0 Å². The fourth-order valence-electron chi connectivity index (χ4n) is 3.84. The summed E-state index contributed by atoms with van der Waals surface area (Å²) in [6.07, 6.45) is 2.61. The first-order valence-corrected chi connectivity index (χ1v) is 8.00. The predicted molar refractivity (Wildman–Crippen MR) is 84.8 cm³/mol. The van der Waals surface area contributed by atoms with Gasteiger partial charge in [0.2, 0.25) is 0 Å². The minimum absolute atomic E-state index is 0.409. The summed E-state index contributed by atoms with van der Waals surface area (Å²) >= 11 is 0. The molecule has 0 heteroatoms. The van der Waals surface area contributed by atoms with Crippen LogP contribution in [0.25, 0.3) is 0 Å². The first-order chi connectivity index (χ1) is 8.00. The average molecular weight is 255 g/mol. The van der Waals surface area contributed by atoms with Crippen LogP contribution in [0.4, 0.5) is 0 Å². The molecule has 0 fully saturated rings. The van der Waals surface area contributed by atoms with Gasteiger partial charge < -0.3 is 0 Å². The Morgan fingerprint density at radius 3 is 1.56 bits per heavy atom. The molecule has 0 amide bonds. The van der Waals surface area contributed by atoms with Crippen molar-refractivity contribution in [2.24, 2.45) is 34.5 Å². The fourth-order valence-corrected chi connectivity index (χ4v) is 3.84. The van der Waals surface area contributed by atoms with Gasteiger partial charge in [0.05, 0.1) is 0 Å². The van der Waals surface area contributed by atoms with Gasteiger partial charge in [0, 0.05) is 0 Å². The monoisotopic (exact) mass is 254 g/mol. The Hall–Kier alpha value is 0. The Bertz CT molecular complexity index is 236. The molecule has 0 radical (unpaired) electrons. The van der Waals surface area contributed by atoms with E-state index in [0.717, 1.165) is 23.7 Å². The van der Waals surface area contributed by atoms with Crippen LogP contribution in [0, 0.1) is 34.5 Å². The van der Waals surface area contributed by atoms with Gasteiger partial charge >= 0.3 is 0 Å². The molecule has 0 N–H and O–H groups in total. The quantitative estimate of drug-likeness (QED) is 0.493. The lowest BCUT2D eigenvalue weighted by Crippen LogP contribution is -2.46. The maximum absolute atomic E-state index is 2.53. The van der Waals surface area contributed by atoms with Crippen LogP contribution in [0.2, 0.25) is 0 Å². The Kier molecular flexibility index (Phi) is 6.44. The lowest BCUT2D eigenvalue weighted by Gasteiger charge is -2.53. The zero-order valence-electron chi connectivity index (χ0n) is 14.7. The van der Waals surface area contributed by atoms with Crippen molar-refractivity contribution in [1.29, 1.82) is 0 Å². The minimum atomic E-state index is 0.409. The van der Waals surface area contributed by atoms with Gasteiger partial charge in [-0.05, 0) is 40.9 Å². The molecule has 0 aliphatic carbocycles. The summed E-state index contributed by atoms with van der Waals surface area (Å²) in [5.74, 6) is 3.12. The highest BCUT2D eigenvalue weighted by Gasteiger charge is 2.47. The van der Waals surface area contributed by atoms with Crippen molar-refractivity contribution < 1.29 is 0 Å². The Labute approximate surface area is 117 Å². The summed E-state index contributed by atoms with van der Waals surface area (Å²) in [5, 5.41) is 0. The molecular weight excluding hydrogens is 216 g/mol. The third-order valence-electron chi connectivity index (χ3n) is 6.18. The molecule has 0 aliphatic rings. The highest BCUT2D eigenvalue weighted by Crippen LogP contribution is 2.54. The molecule has 0 aromatic carbocycles. The number of rotatable bonds is 7. The minimum Gasteiger partial charge on any atom is -0.0649 e. The molecule has 0 heterocycles. The number of hydrogen-bond donors (Lipinski definition) is 0. The van der Waals surface area contributed by atoms with Gasteiger partial charge in [-0.3, -0.25) is 0 Å². The van der Waals surface area contributed by atoms with E-state index in [0.29, 0.717) is 10.8 Å². The summed E-state index contributed by atoms with van der Waals surface area (Å²) in [7, 11) is 0. The van der Waals surface area contributed by atoms with Crippen LogP contribution in [-0.4, -0.2) is 0 Å². The molecule has 0 aliphatic heterocycles. The topological polar surface area (TPSA) is 0 Å². The highest BCUT2D eigenvalue weighted by atomic mass is 14.5. The van der Waals surface area contributed by atoms with Crippen molar-refractivity contribution in [3.63, 3.8) is 0 Å². The molecule has 3 unspecified atom stereocenters. The van der Waals surface area contributed by atoms with Crippen molar-refractivity contribution in [1.82, 2.24) is 0 Å². The van der Waals surface area contributed by atoms with Crippen LogP contribution in [0.1, 0.15) is 82.1 Å². The van der Waals surface area contributed by atoms with Gasteiger partial charge in [0.1, 0.15) is 0 Å². The van der Waals surface area contributed by atoms with Crippen LogP contribution in [0.3, 0.4) is 0 Å². The van der Waals surface area contributed by atoms with E-state index >= 15 is 0 Å². The molecule has 0 nitrogen and oxygen atoms in total. The van der Waals surface area contributed by atoms with Crippen LogP contribution in [0.5, 0.6) is 0 Å². The number of hydrogen-bond acceptors (Lipinski definition) is 0. The van der Waals surface area contributed by atoms with E-state index in [1.54, 1.807) is 0 Å². The van der Waals surface area contributed by atoms with E-state index in [4.69, 9.17) is 0 Å². The Morgan fingerprint density at radius 1 is 0.833 bits per heavy atom. The van der Waals surface area contributed by atoms with Crippen molar-refractivity contribution in [3.8, 4) is 0 Å². The van der Waals surface area contributed by atoms with E-state index in [2.05, 4.69) is 69.2 Å². The van der Waals surface area contributed by atoms with Gasteiger partial charge in [0.15, 0.2) is 0 Å². The highest BCUT2D eigenvalue weighted by molar-refractivity contribution is 4.96. The average Bonchev–Trinajstić information content (AvgIpc) is 2.25. The van der Waals surface area contributed by atoms with E-state index in [1.165, 1.54) is 12.8 Å². The van der Waals surface area contributed by atoms with Crippen molar-refractivity contribution in [2.75, 3.05) is 0 Å². The predicted octanol–water partition coefficient (Wildman–Crippen LogP) is 6.40. The molecular formula is C18H38. The van der Waals surface area contributed by atoms with Crippen molar-refractivity contribution >= 4 is 0 Å². The van der Waals surface area contributed by atoms with Crippen LogP contribution < -0.4 is 0 Å². The lowest BCUT2D eigenvalue weighted by atomic mass is 9.52. The zero-order valence-corrected chi connectivity index (χ0v) is 14.7.